The summed E-state index contributed by atoms with van der Waals surface area (Å²) in [6, 6.07) is 0. The Balaban J connectivity index is 2.14. The van der Waals surface area contributed by atoms with Gasteiger partial charge in [0.2, 0.25) is 5.88 Å². The van der Waals surface area contributed by atoms with E-state index in [0.717, 1.165) is 48.4 Å². The fourth-order valence-corrected chi connectivity index (χ4v) is 2.70. The molecule has 0 aliphatic heterocycles. The minimum Gasteiger partial charge on any atom is -0.474 e. The Kier molecular flexibility index (Phi) is 4.61. The van der Waals surface area contributed by atoms with E-state index in [1.165, 1.54) is 12.8 Å². The van der Waals surface area contributed by atoms with Crippen molar-refractivity contribution in [1.29, 1.82) is 0 Å². The summed E-state index contributed by atoms with van der Waals surface area (Å²) in [5.74, 6) is 3.17. The minimum absolute atomic E-state index is 0.311. The van der Waals surface area contributed by atoms with Crippen LogP contribution in [0, 0.1) is 19.8 Å². The molecule has 1 fully saturated rings. The number of rotatable bonds is 4. The smallest absolute Gasteiger partial charge is 0.222 e. The number of hydrogen-bond acceptors (Lipinski definition) is 4. The van der Waals surface area contributed by atoms with E-state index in [9.17, 15) is 0 Å². The first-order valence-corrected chi connectivity index (χ1v) is 7.36. The van der Waals surface area contributed by atoms with Gasteiger partial charge in [0.05, 0.1) is 5.56 Å². The fourth-order valence-electron chi connectivity index (χ4n) is 2.70. The lowest BCUT2D eigenvalue weighted by atomic mass is 9.89. The number of aryl methyl sites for hydroxylation is 1. The molecule has 1 aliphatic rings. The highest BCUT2D eigenvalue weighted by atomic mass is 16.5. The van der Waals surface area contributed by atoms with Crippen molar-refractivity contribution in [2.45, 2.75) is 59.5 Å². The molecule has 0 aromatic carbocycles. The van der Waals surface area contributed by atoms with E-state index in [1.807, 2.05) is 13.8 Å². The van der Waals surface area contributed by atoms with E-state index in [4.69, 9.17) is 4.74 Å². The third-order valence-corrected chi connectivity index (χ3v) is 3.72. The monoisotopic (exact) mass is 263 g/mol. The topological polar surface area (TPSA) is 47.0 Å². The Morgan fingerprint density at radius 3 is 2.74 bits per heavy atom. The Morgan fingerprint density at radius 2 is 2.05 bits per heavy atom. The van der Waals surface area contributed by atoms with Crippen LogP contribution in [-0.4, -0.2) is 22.6 Å². The van der Waals surface area contributed by atoms with Crippen LogP contribution in [0.25, 0.3) is 0 Å². The van der Waals surface area contributed by atoms with Gasteiger partial charge in [-0.2, -0.15) is 4.98 Å². The summed E-state index contributed by atoms with van der Waals surface area (Å²) >= 11 is 0. The fraction of sp³-hybridized carbons (Fsp3) is 0.733. The van der Waals surface area contributed by atoms with Gasteiger partial charge in [0, 0.05) is 6.54 Å². The summed E-state index contributed by atoms with van der Waals surface area (Å²) in [5, 5.41) is 3.27. The van der Waals surface area contributed by atoms with Gasteiger partial charge in [-0.15, -0.1) is 0 Å². The Hall–Kier alpha value is -1.32. The van der Waals surface area contributed by atoms with Gasteiger partial charge in [-0.25, -0.2) is 4.98 Å². The Morgan fingerprint density at radius 1 is 1.26 bits per heavy atom. The molecule has 4 heteroatoms. The molecule has 1 aromatic heterocycles. The maximum atomic E-state index is 6.13. The molecule has 19 heavy (non-hydrogen) atoms. The van der Waals surface area contributed by atoms with Crippen LogP contribution >= 0.6 is 0 Å². The van der Waals surface area contributed by atoms with Crippen molar-refractivity contribution in [3.05, 3.63) is 11.4 Å². The second-order valence-corrected chi connectivity index (χ2v) is 5.59. The third kappa shape index (κ3) is 3.58. The number of ether oxygens (including phenoxy) is 1. The third-order valence-electron chi connectivity index (χ3n) is 3.72. The summed E-state index contributed by atoms with van der Waals surface area (Å²) in [5.41, 5.74) is 1.02. The molecular weight excluding hydrogens is 238 g/mol. The van der Waals surface area contributed by atoms with Crippen LogP contribution in [0.3, 0.4) is 0 Å². The van der Waals surface area contributed by atoms with E-state index >= 15 is 0 Å². The van der Waals surface area contributed by atoms with Crippen molar-refractivity contribution < 1.29 is 4.74 Å². The maximum absolute atomic E-state index is 6.13. The molecule has 0 radical (unpaired) electrons. The predicted molar refractivity (Wildman–Crippen MR) is 77.7 cm³/mol. The lowest BCUT2D eigenvalue weighted by Crippen LogP contribution is -2.25. The first kappa shape index (κ1) is 14.1. The molecule has 1 aliphatic carbocycles. The lowest BCUT2D eigenvalue weighted by molar-refractivity contribution is 0.122. The average Bonchev–Trinajstić information content (AvgIpc) is 2.35. The van der Waals surface area contributed by atoms with E-state index in [-0.39, 0.29) is 0 Å². The normalized spacial score (nSPS) is 23.2. The first-order valence-electron chi connectivity index (χ1n) is 7.36. The molecule has 0 saturated heterocycles. The van der Waals surface area contributed by atoms with Crippen LogP contribution in [-0.2, 0) is 0 Å². The predicted octanol–water partition coefficient (Wildman–Crippen LogP) is 3.48. The van der Waals surface area contributed by atoms with Crippen molar-refractivity contribution in [2.24, 2.45) is 5.92 Å². The van der Waals surface area contributed by atoms with Crippen LogP contribution in [0.5, 0.6) is 5.88 Å². The number of hydrogen-bond donors (Lipinski definition) is 1. The van der Waals surface area contributed by atoms with Crippen molar-refractivity contribution >= 4 is 5.82 Å². The summed E-state index contributed by atoms with van der Waals surface area (Å²) in [6.07, 6.45) is 5.17. The van der Waals surface area contributed by atoms with Crippen molar-refractivity contribution in [1.82, 2.24) is 9.97 Å². The van der Waals surface area contributed by atoms with Gasteiger partial charge >= 0.3 is 0 Å². The highest BCUT2D eigenvalue weighted by Crippen LogP contribution is 2.29. The molecule has 106 valence electrons. The quantitative estimate of drug-likeness (QED) is 0.903. The number of nitrogens with one attached hydrogen (secondary N) is 1. The van der Waals surface area contributed by atoms with Crippen molar-refractivity contribution in [3.8, 4) is 5.88 Å². The zero-order valence-electron chi connectivity index (χ0n) is 12.5. The molecule has 1 aromatic rings. The second kappa shape index (κ2) is 6.22. The molecule has 2 atom stereocenters. The molecule has 1 heterocycles. The Labute approximate surface area is 116 Å². The van der Waals surface area contributed by atoms with Gasteiger partial charge < -0.3 is 10.1 Å². The highest BCUT2D eigenvalue weighted by molar-refractivity contribution is 5.48. The molecule has 1 saturated carbocycles. The van der Waals surface area contributed by atoms with Crippen LogP contribution in [0.1, 0.15) is 50.9 Å². The van der Waals surface area contributed by atoms with E-state index < -0.39 is 0 Å². The zero-order valence-corrected chi connectivity index (χ0v) is 12.5. The van der Waals surface area contributed by atoms with E-state index in [0.29, 0.717) is 6.10 Å². The van der Waals surface area contributed by atoms with Crippen molar-refractivity contribution in [3.63, 3.8) is 0 Å². The van der Waals surface area contributed by atoms with Gasteiger partial charge in [0.25, 0.3) is 0 Å². The molecule has 2 unspecified atom stereocenters. The van der Waals surface area contributed by atoms with E-state index in [1.54, 1.807) is 0 Å². The first-order chi connectivity index (χ1) is 9.10. The summed E-state index contributed by atoms with van der Waals surface area (Å²) in [4.78, 5) is 8.89. The van der Waals surface area contributed by atoms with Crippen LogP contribution < -0.4 is 10.1 Å². The van der Waals surface area contributed by atoms with Gasteiger partial charge in [0.15, 0.2) is 0 Å². The SMILES string of the molecule is CCNc1nc(C)nc(OC2CCCC(C)C2)c1C. The maximum Gasteiger partial charge on any atom is 0.222 e. The standard InChI is InChI=1S/C15H25N3O/c1-5-16-14-11(3)15(18-12(4)17-14)19-13-8-6-7-10(2)9-13/h10,13H,5-9H2,1-4H3,(H,16,17,18). The molecule has 0 amide bonds. The molecule has 4 nitrogen and oxygen atoms in total. The van der Waals surface area contributed by atoms with Gasteiger partial charge in [-0.1, -0.05) is 13.3 Å². The largest absolute Gasteiger partial charge is 0.474 e. The Bertz CT molecular complexity index is 434. The highest BCUT2D eigenvalue weighted by Gasteiger charge is 2.22. The van der Waals surface area contributed by atoms with Gasteiger partial charge in [-0.3, -0.25) is 0 Å². The second-order valence-electron chi connectivity index (χ2n) is 5.59. The lowest BCUT2D eigenvalue weighted by Gasteiger charge is -2.27. The van der Waals surface area contributed by atoms with E-state index in [2.05, 4.69) is 29.1 Å². The van der Waals surface area contributed by atoms with Crippen molar-refractivity contribution in [2.75, 3.05) is 11.9 Å². The van der Waals surface area contributed by atoms with Crippen LogP contribution in [0.15, 0.2) is 0 Å². The number of aromatic nitrogens is 2. The summed E-state index contributed by atoms with van der Waals surface area (Å²) < 4.78 is 6.13. The molecule has 2 rings (SSSR count). The minimum atomic E-state index is 0.311. The zero-order chi connectivity index (χ0) is 13.8. The molecular formula is C15H25N3O. The van der Waals surface area contributed by atoms with Crippen LogP contribution in [0.4, 0.5) is 5.82 Å². The average molecular weight is 263 g/mol. The van der Waals surface area contributed by atoms with Crippen LogP contribution in [0.2, 0.25) is 0 Å². The van der Waals surface area contributed by atoms with Gasteiger partial charge in [0.1, 0.15) is 17.7 Å². The molecule has 0 spiro atoms. The molecule has 0 bridgehead atoms. The number of anilines is 1. The summed E-state index contributed by atoms with van der Waals surface area (Å²) in [7, 11) is 0. The number of nitrogens with zero attached hydrogens (tertiary/aromatic N) is 2. The molecule has 1 N–H and O–H groups in total. The van der Waals surface area contributed by atoms with Gasteiger partial charge in [-0.05, 0) is 46.0 Å². The summed E-state index contributed by atoms with van der Waals surface area (Å²) in [6.45, 7) is 9.17.